The fraction of sp³-hybridized carbons (Fsp3) is 0.400. The van der Waals surface area contributed by atoms with E-state index in [1.807, 2.05) is 0 Å². The molecular weight excluding hydrogens is 272 g/mol. The Morgan fingerprint density at radius 3 is 2.71 bits per heavy atom. The first-order chi connectivity index (χ1) is 10.2. The molecule has 110 valence electrons. The summed E-state index contributed by atoms with van der Waals surface area (Å²) in [6.45, 7) is 1.77. The highest BCUT2D eigenvalue weighted by atomic mass is 16.5. The maximum absolute atomic E-state index is 10.9. The average Bonchev–Trinajstić information content (AvgIpc) is 3.23. The predicted octanol–water partition coefficient (Wildman–Crippen LogP) is 2.86. The Morgan fingerprint density at radius 2 is 2.14 bits per heavy atom. The van der Waals surface area contributed by atoms with Crippen molar-refractivity contribution in [1.29, 1.82) is 0 Å². The highest BCUT2D eigenvalue weighted by Crippen LogP contribution is 2.39. The number of carboxylic acids is 1. The van der Waals surface area contributed by atoms with E-state index < -0.39 is 12.1 Å². The number of hydrogen-bond acceptors (Lipinski definition) is 5. The lowest BCUT2D eigenvalue weighted by molar-refractivity contribution is -0.145. The molecule has 1 aromatic heterocycles. The van der Waals surface area contributed by atoms with Crippen LogP contribution in [0.2, 0.25) is 0 Å². The Bertz CT molecular complexity index is 631. The van der Waals surface area contributed by atoms with Crippen LogP contribution in [0.1, 0.15) is 38.0 Å². The van der Waals surface area contributed by atoms with E-state index >= 15 is 0 Å². The zero-order valence-corrected chi connectivity index (χ0v) is 11.7. The summed E-state index contributed by atoms with van der Waals surface area (Å²) >= 11 is 0. The summed E-state index contributed by atoms with van der Waals surface area (Å²) in [5, 5.41) is 12.9. The average molecular weight is 288 g/mol. The van der Waals surface area contributed by atoms with Gasteiger partial charge in [0.25, 0.3) is 0 Å². The Hall–Kier alpha value is -2.37. The van der Waals surface area contributed by atoms with Crippen molar-refractivity contribution in [2.75, 3.05) is 0 Å². The second-order valence-corrected chi connectivity index (χ2v) is 5.11. The minimum absolute atomic E-state index is 0.409. The van der Waals surface area contributed by atoms with Crippen LogP contribution in [0.5, 0.6) is 5.75 Å². The van der Waals surface area contributed by atoms with E-state index in [1.54, 1.807) is 31.2 Å². The normalized spacial score (nSPS) is 15.7. The van der Waals surface area contributed by atoms with Gasteiger partial charge in [0.05, 0.1) is 0 Å². The topological polar surface area (TPSA) is 85.5 Å². The van der Waals surface area contributed by atoms with Crippen molar-refractivity contribution in [3.05, 3.63) is 30.2 Å². The largest absolute Gasteiger partial charge is 0.479 e. The van der Waals surface area contributed by atoms with Crippen LogP contribution in [0, 0.1) is 0 Å². The van der Waals surface area contributed by atoms with Crippen LogP contribution in [-0.2, 0) is 4.79 Å². The molecule has 6 heteroatoms. The minimum atomic E-state index is -0.964. The Balaban J connectivity index is 1.72. The van der Waals surface area contributed by atoms with Crippen molar-refractivity contribution in [3.8, 4) is 17.1 Å². The first-order valence-corrected chi connectivity index (χ1v) is 7.01. The van der Waals surface area contributed by atoms with Crippen molar-refractivity contribution in [1.82, 2.24) is 10.1 Å². The number of aliphatic carboxylic acids is 1. The molecule has 1 aliphatic rings. The third-order valence-corrected chi connectivity index (χ3v) is 3.41. The molecular formula is C15H16N2O4. The number of carboxylic acid groups (broad SMARTS) is 1. The molecule has 6 nitrogen and oxygen atoms in total. The number of benzene rings is 1. The second-order valence-electron chi connectivity index (χ2n) is 5.11. The summed E-state index contributed by atoms with van der Waals surface area (Å²) in [6, 6.07) is 7.03. The molecule has 0 aliphatic heterocycles. The lowest BCUT2D eigenvalue weighted by Crippen LogP contribution is -2.25. The molecule has 0 spiro atoms. The third-order valence-electron chi connectivity index (χ3n) is 3.41. The van der Waals surface area contributed by atoms with Crippen LogP contribution in [0.4, 0.5) is 0 Å². The van der Waals surface area contributed by atoms with Gasteiger partial charge in [0.2, 0.25) is 11.7 Å². The van der Waals surface area contributed by atoms with E-state index in [-0.39, 0.29) is 0 Å². The quantitative estimate of drug-likeness (QED) is 0.879. The predicted molar refractivity (Wildman–Crippen MR) is 74.1 cm³/mol. The lowest BCUT2D eigenvalue weighted by atomic mass is 10.2. The molecule has 1 heterocycles. The number of ether oxygens (including phenoxy) is 1. The van der Waals surface area contributed by atoms with Gasteiger partial charge in [0.15, 0.2) is 6.10 Å². The molecule has 21 heavy (non-hydrogen) atoms. The standard InChI is InChI=1S/C15H16N2O4/c1-2-12(15(18)19)20-11-7-5-9(6-8-11)13-16-14(21-17-13)10-3-4-10/h5-8,10,12H,2-4H2,1H3,(H,18,19). The molecule has 2 aromatic rings. The van der Waals surface area contributed by atoms with E-state index in [2.05, 4.69) is 10.1 Å². The van der Waals surface area contributed by atoms with Gasteiger partial charge in [-0.25, -0.2) is 4.79 Å². The number of rotatable bonds is 6. The molecule has 1 N–H and O–H groups in total. The summed E-state index contributed by atoms with van der Waals surface area (Å²) in [7, 11) is 0. The highest BCUT2D eigenvalue weighted by Gasteiger charge is 2.29. The molecule has 0 bridgehead atoms. The summed E-state index contributed by atoms with van der Waals surface area (Å²) < 4.78 is 10.6. The van der Waals surface area contributed by atoms with Crippen LogP contribution in [0.3, 0.4) is 0 Å². The Labute approximate surface area is 121 Å². The van der Waals surface area contributed by atoms with Crippen LogP contribution >= 0.6 is 0 Å². The van der Waals surface area contributed by atoms with Crippen molar-refractivity contribution in [2.24, 2.45) is 0 Å². The number of hydrogen-bond donors (Lipinski definition) is 1. The van der Waals surface area contributed by atoms with E-state index in [0.29, 0.717) is 29.8 Å². The minimum Gasteiger partial charge on any atom is -0.479 e. The van der Waals surface area contributed by atoms with Gasteiger partial charge >= 0.3 is 5.97 Å². The van der Waals surface area contributed by atoms with Gasteiger partial charge in [0.1, 0.15) is 5.75 Å². The summed E-state index contributed by atoms with van der Waals surface area (Å²) in [5.41, 5.74) is 0.821. The SMILES string of the molecule is CCC(Oc1ccc(-c2noc(C3CC3)n2)cc1)C(=O)O. The van der Waals surface area contributed by atoms with Crippen molar-refractivity contribution in [2.45, 2.75) is 38.2 Å². The maximum Gasteiger partial charge on any atom is 0.344 e. The third kappa shape index (κ3) is 3.04. The first kappa shape index (κ1) is 13.6. The first-order valence-electron chi connectivity index (χ1n) is 7.01. The monoisotopic (exact) mass is 288 g/mol. The Kier molecular flexibility index (Phi) is 3.60. The van der Waals surface area contributed by atoms with Crippen LogP contribution < -0.4 is 4.74 Å². The molecule has 1 saturated carbocycles. The van der Waals surface area contributed by atoms with Crippen molar-refractivity contribution in [3.63, 3.8) is 0 Å². The molecule has 1 fully saturated rings. The van der Waals surface area contributed by atoms with Crippen molar-refractivity contribution >= 4 is 5.97 Å². The zero-order chi connectivity index (χ0) is 14.8. The molecule has 3 rings (SSSR count). The van der Waals surface area contributed by atoms with Crippen molar-refractivity contribution < 1.29 is 19.2 Å². The smallest absolute Gasteiger partial charge is 0.344 e. The van der Waals surface area contributed by atoms with Gasteiger partial charge in [-0.05, 0) is 43.5 Å². The maximum atomic E-state index is 10.9. The zero-order valence-electron chi connectivity index (χ0n) is 11.7. The van der Waals surface area contributed by atoms with E-state index in [4.69, 9.17) is 14.4 Å². The number of nitrogens with zero attached hydrogens (tertiary/aromatic N) is 2. The fourth-order valence-electron chi connectivity index (χ4n) is 2.00. The van der Waals surface area contributed by atoms with E-state index in [1.165, 1.54) is 0 Å². The van der Waals surface area contributed by atoms with E-state index in [9.17, 15) is 4.79 Å². The van der Waals surface area contributed by atoms with Gasteiger partial charge in [-0.15, -0.1) is 0 Å². The number of aromatic nitrogens is 2. The summed E-state index contributed by atoms with van der Waals surface area (Å²) in [4.78, 5) is 15.3. The van der Waals surface area contributed by atoms with Crippen LogP contribution in [0.15, 0.2) is 28.8 Å². The molecule has 0 radical (unpaired) electrons. The summed E-state index contributed by atoms with van der Waals surface area (Å²) in [6.07, 6.45) is 1.80. The molecule has 0 amide bonds. The molecule has 1 aliphatic carbocycles. The van der Waals surface area contributed by atoms with Gasteiger partial charge < -0.3 is 14.4 Å². The highest BCUT2D eigenvalue weighted by molar-refractivity contribution is 5.72. The molecule has 1 unspecified atom stereocenters. The van der Waals surface area contributed by atoms with Gasteiger partial charge in [0, 0.05) is 11.5 Å². The van der Waals surface area contributed by atoms with E-state index in [0.717, 1.165) is 18.4 Å². The van der Waals surface area contributed by atoms with Gasteiger partial charge in [-0.2, -0.15) is 4.98 Å². The molecule has 1 atom stereocenters. The van der Waals surface area contributed by atoms with Gasteiger partial charge in [-0.1, -0.05) is 12.1 Å². The van der Waals surface area contributed by atoms with Crippen LogP contribution in [0.25, 0.3) is 11.4 Å². The second kappa shape index (κ2) is 5.55. The number of carbonyl (C=O) groups is 1. The fourth-order valence-corrected chi connectivity index (χ4v) is 2.00. The Morgan fingerprint density at radius 1 is 1.43 bits per heavy atom. The summed E-state index contributed by atoms with van der Waals surface area (Å²) in [5.74, 6) is 1.22. The van der Waals surface area contributed by atoms with Crippen LogP contribution in [-0.4, -0.2) is 27.3 Å². The van der Waals surface area contributed by atoms with Gasteiger partial charge in [-0.3, -0.25) is 0 Å². The lowest BCUT2D eigenvalue weighted by Gasteiger charge is -2.12. The molecule has 1 aromatic carbocycles. The molecule has 0 saturated heterocycles.